The van der Waals surface area contributed by atoms with Crippen LogP contribution in [0.5, 0.6) is 5.75 Å². The summed E-state index contributed by atoms with van der Waals surface area (Å²) >= 11 is 5.87. The van der Waals surface area contributed by atoms with Gasteiger partial charge in [0.1, 0.15) is 5.75 Å². The van der Waals surface area contributed by atoms with Crippen LogP contribution in [0, 0.1) is 0 Å². The Morgan fingerprint density at radius 3 is 2.50 bits per heavy atom. The van der Waals surface area contributed by atoms with Gasteiger partial charge in [-0.25, -0.2) is 0 Å². The van der Waals surface area contributed by atoms with E-state index in [1.165, 1.54) is 18.2 Å². The van der Waals surface area contributed by atoms with Gasteiger partial charge in [0, 0.05) is 28.7 Å². The summed E-state index contributed by atoms with van der Waals surface area (Å²) in [6.07, 6.45) is 0.913. The summed E-state index contributed by atoms with van der Waals surface area (Å²) in [5.74, 6) is -0.629. The Balaban J connectivity index is 1.75. The molecule has 2 aromatic rings. The molecule has 3 rings (SSSR count). The fourth-order valence-corrected chi connectivity index (χ4v) is 2.84. The number of hydrogen-bond acceptors (Lipinski definition) is 4. The second-order valence-electron chi connectivity index (χ2n) is 5.73. The van der Waals surface area contributed by atoms with Crippen LogP contribution in [-0.2, 0) is 0 Å². The maximum Gasteiger partial charge on any atom is 0.251 e. The number of benzene rings is 2. The van der Waals surface area contributed by atoms with E-state index in [1.54, 1.807) is 24.3 Å². The van der Waals surface area contributed by atoms with Crippen molar-refractivity contribution in [2.24, 2.45) is 0 Å². The molecule has 0 radical (unpaired) electrons. The van der Waals surface area contributed by atoms with Gasteiger partial charge in [-0.05, 0) is 43.3 Å². The first-order valence-electron chi connectivity index (χ1n) is 7.69. The van der Waals surface area contributed by atoms with Crippen LogP contribution >= 0.6 is 11.6 Å². The van der Waals surface area contributed by atoms with Gasteiger partial charge >= 0.3 is 0 Å². The molecule has 0 bridgehead atoms. The monoisotopic (exact) mass is 344 g/mol. The average molecular weight is 345 g/mol. The molecule has 1 aliphatic heterocycles. The molecule has 0 saturated carbocycles. The standard InChI is InChI=1S/C18H17ClN2O3/c19-13-5-6-16(22)15(9-13)17(23)11-1-3-12(4-2-11)18(24)21-14-7-8-20-10-14/h1-6,9,14,20,22H,7-8,10H2,(H,21,24). The molecular weight excluding hydrogens is 328 g/mol. The molecule has 24 heavy (non-hydrogen) atoms. The van der Waals surface area contributed by atoms with Crippen molar-refractivity contribution >= 4 is 23.3 Å². The van der Waals surface area contributed by atoms with Crippen LogP contribution in [0.3, 0.4) is 0 Å². The molecule has 2 aromatic carbocycles. The number of nitrogens with one attached hydrogen (secondary N) is 2. The first-order valence-corrected chi connectivity index (χ1v) is 8.07. The highest BCUT2D eigenvalue weighted by Gasteiger charge is 2.18. The number of phenols is 1. The van der Waals surface area contributed by atoms with Gasteiger partial charge in [0.25, 0.3) is 5.91 Å². The lowest BCUT2D eigenvalue weighted by Crippen LogP contribution is -2.36. The fraction of sp³-hybridized carbons (Fsp3) is 0.222. The van der Waals surface area contributed by atoms with Crippen molar-refractivity contribution in [2.45, 2.75) is 12.5 Å². The van der Waals surface area contributed by atoms with Gasteiger partial charge in [0.05, 0.1) is 5.56 Å². The quantitative estimate of drug-likeness (QED) is 0.744. The van der Waals surface area contributed by atoms with E-state index in [0.717, 1.165) is 19.5 Å². The van der Waals surface area contributed by atoms with E-state index >= 15 is 0 Å². The van der Waals surface area contributed by atoms with E-state index in [1.807, 2.05) is 0 Å². The number of carbonyl (C=O) groups is 2. The van der Waals surface area contributed by atoms with Crippen molar-refractivity contribution in [3.63, 3.8) is 0 Å². The van der Waals surface area contributed by atoms with E-state index in [-0.39, 0.29) is 29.0 Å². The number of hydrogen-bond donors (Lipinski definition) is 3. The normalized spacial score (nSPS) is 16.8. The minimum absolute atomic E-state index is 0.125. The molecule has 1 saturated heterocycles. The molecule has 6 heteroatoms. The van der Waals surface area contributed by atoms with Crippen LogP contribution in [0.25, 0.3) is 0 Å². The molecule has 3 N–H and O–H groups in total. The summed E-state index contributed by atoms with van der Waals surface area (Å²) in [6, 6.07) is 10.8. The van der Waals surface area contributed by atoms with Crippen molar-refractivity contribution in [1.29, 1.82) is 0 Å². The Morgan fingerprint density at radius 1 is 1.12 bits per heavy atom. The minimum Gasteiger partial charge on any atom is -0.507 e. The third kappa shape index (κ3) is 3.58. The van der Waals surface area contributed by atoms with Gasteiger partial charge in [-0.2, -0.15) is 0 Å². The molecule has 1 fully saturated rings. The molecule has 0 aliphatic carbocycles. The lowest BCUT2D eigenvalue weighted by atomic mass is 10.0. The lowest BCUT2D eigenvalue weighted by molar-refractivity contribution is 0.0938. The third-order valence-corrected chi connectivity index (χ3v) is 4.24. The first-order chi connectivity index (χ1) is 11.5. The topological polar surface area (TPSA) is 78.4 Å². The second-order valence-corrected chi connectivity index (χ2v) is 6.17. The number of amides is 1. The molecule has 1 amide bonds. The largest absolute Gasteiger partial charge is 0.507 e. The smallest absolute Gasteiger partial charge is 0.251 e. The van der Waals surface area contributed by atoms with Crippen molar-refractivity contribution in [3.05, 3.63) is 64.2 Å². The predicted molar refractivity (Wildman–Crippen MR) is 91.7 cm³/mol. The highest BCUT2D eigenvalue weighted by molar-refractivity contribution is 6.31. The highest BCUT2D eigenvalue weighted by Crippen LogP contribution is 2.24. The number of ketones is 1. The zero-order valence-electron chi connectivity index (χ0n) is 12.9. The molecule has 124 valence electrons. The Bertz CT molecular complexity index is 768. The van der Waals surface area contributed by atoms with Crippen LogP contribution in [-0.4, -0.2) is 35.9 Å². The molecule has 0 aromatic heterocycles. The third-order valence-electron chi connectivity index (χ3n) is 4.01. The van der Waals surface area contributed by atoms with E-state index in [2.05, 4.69) is 10.6 Å². The van der Waals surface area contributed by atoms with E-state index in [9.17, 15) is 14.7 Å². The minimum atomic E-state index is -0.345. The number of aromatic hydroxyl groups is 1. The molecule has 0 spiro atoms. The van der Waals surface area contributed by atoms with Gasteiger partial charge in [-0.15, -0.1) is 0 Å². The van der Waals surface area contributed by atoms with E-state index in [4.69, 9.17) is 11.6 Å². The van der Waals surface area contributed by atoms with Gasteiger partial charge in [0.2, 0.25) is 0 Å². The number of phenolic OH excluding ortho intramolecular Hbond substituents is 1. The predicted octanol–water partition coefficient (Wildman–Crippen LogP) is 2.37. The summed E-state index contributed by atoms with van der Waals surface area (Å²) < 4.78 is 0. The van der Waals surface area contributed by atoms with Crippen LogP contribution in [0.4, 0.5) is 0 Å². The molecule has 1 atom stereocenters. The van der Waals surface area contributed by atoms with Crippen molar-refractivity contribution in [1.82, 2.24) is 10.6 Å². The van der Waals surface area contributed by atoms with Crippen LogP contribution in [0.1, 0.15) is 32.7 Å². The van der Waals surface area contributed by atoms with Gasteiger partial charge < -0.3 is 15.7 Å². The van der Waals surface area contributed by atoms with Crippen molar-refractivity contribution in [2.75, 3.05) is 13.1 Å². The van der Waals surface area contributed by atoms with Crippen molar-refractivity contribution in [3.8, 4) is 5.75 Å². The van der Waals surface area contributed by atoms with E-state index in [0.29, 0.717) is 16.1 Å². The summed E-state index contributed by atoms with van der Waals surface area (Å²) in [4.78, 5) is 24.6. The maximum atomic E-state index is 12.5. The number of carbonyl (C=O) groups excluding carboxylic acids is 2. The Hall–Kier alpha value is -2.37. The fourth-order valence-electron chi connectivity index (χ4n) is 2.67. The second kappa shape index (κ2) is 7.03. The zero-order valence-corrected chi connectivity index (χ0v) is 13.6. The molecular formula is C18H17ClN2O3. The van der Waals surface area contributed by atoms with Gasteiger partial charge in [-0.1, -0.05) is 23.7 Å². The molecule has 5 nitrogen and oxygen atoms in total. The van der Waals surface area contributed by atoms with Crippen LogP contribution in [0.15, 0.2) is 42.5 Å². The zero-order chi connectivity index (χ0) is 17.1. The average Bonchev–Trinajstić information content (AvgIpc) is 3.09. The maximum absolute atomic E-state index is 12.5. The SMILES string of the molecule is O=C(NC1CCNC1)c1ccc(C(=O)c2cc(Cl)ccc2O)cc1. The number of halogens is 1. The molecule has 1 unspecified atom stereocenters. The summed E-state index contributed by atoms with van der Waals surface area (Å²) in [5, 5.41) is 16.3. The summed E-state index contributed by atoms with van der Waals surface area (Å²) in [5.41, 5.74) is 1.01. The van der Waals surface area contributed by atoms with Gasteiger partial charge in [0.15, 0.2) is 5.78 Å². The Kier molecular flexibility index (Phi) is 4.83. The summed E-state index contributed by atoms with van der Waals surface area (Å²) in [6.45, 7) is 1.68. The number of rotatable bonds is 4. The summed E-state index contributed by atoms with van der Waals surface area (Å²) in [7, 11) is 0. The van der Waals surface area contributed by atoms with Crippen LogP contribution < -0.4 is 10.6 Å². The lowest BCUT2D eigenvalue weighted by Gasteiger charge is -2.11. The molecule has 1 aliphatic rings. The van der Waals surface area contributed by atoms with Crippen molar-refractivity contribution < 1.29 is 14.7 Å². The molecule has 1 heterocycles. The Morgan fingerprint density at radius 2 is 1.83 bits per heavy atom. The first kappa shape index (κ1) is 16.5. The van der Waals surface area contributed by atoms with Gasteiger partial charge in [-0.3, -0.25) is 9.59 Å². The van der Waals surface area contributed by atoms with Crippen LogP contribution in [0.2, 0.25) is 5.02 Å². The Labute approximate surface area is 144 Å². The highest BCUT2D eigenvalue weighted by atomic mass is 35.5. The van der Waals surface area contributed by atoms with E-state index < -0.39 is 0 Å².